The number of hydrogen-bond acceptors (Lipinski definition) is 4. The Kier molecular flexibility index (Phi) is 6.88. The van der Waals surface area contributed by atoms with E-state index in [0.717, 1.165) is 12.0 Å². The molecule has 1 atom stereocenters. The largest absolute Gasteiger partial charge is 0.493 e. The molecule has 2 N–H and O–H groups in total. The molecule has 1 unspecified atom stereocenters. The van der Waals surface area contributed by atoms with E-state index in [-0.39, 0.29) is 17.1 Å². The highest BCUT2D eigenvalue weighted by Crippen LogP contribution is 2.37. The van der Waals surface area contributed by atoms with Gasteiger partial charge in [-0.15, -0.1) is 0 Å². The van der Waals surface area contributed by atoms with Crippen LogP contribution in [0.5, 0.6) is 5.75 Å². The van der Waals surface area contributed by atoms with Gasteiger partial charge in [0.15, 0.2) is 0 Å². The zero-order valence-electron chi connectivity index (χ0n) is 17.2. The molecule has 0 bridgehead atoms. The van der Waals surface area contributed by atoms with Gasteiger partial charge in [0.2, 0.25) is 0 Å². The molecular weight excluding hydrogens is 395 g/mol. The summed E-state index contributed by atoms with van der Waals surface area (Å²) in [6.07, 6.45) is 5.46. The van der Waals surface area contributed by atoms with Gasteiger partial charge < -0.3 is 15.2 Å². The van der Waals surface area contributed by atoms with E-state index in [4.69, 9.17) is 10.00 Å². The number of hydrogen-bond donors (Lipinski definition) is 2. The Bertz CT molecular complexity index is 1110. The van der Waals surface area contributed by atoms with E-state index in [1.165, 1.54) is 18.2 Å². The highest BCUT2D eigenvalue weighted by Gasteiger charge is 2.23. The Morgan fingerprint density at radius 3 is 2.84 bits per heavy atom. The molecule has 0 saturated carbocycles. The predicted molar refractivity (Wildman–Crippen MR) is 117 cm³/mol. The topological polar surface area (TPSA) is 82.3 Å². The number of ether oxygens (including phenoxy) is 1. The van der Waals surface area contributed by atoms with E-state index in [0.29, 0.717) is 35.7 Å². The minimum absolute atomic E-state index is 0.0965. The van der Waals surface area contributed by atoms with Crippen molar-refractivity contribution in [2.45, 2.75) is 19.3 Å². The van der Waals surface area contributed by atoms with E-state index < -0.39 is 11.8 Å². The quantitative estimate of drug-likeness (QED) is 0.493. The fourth-order valence-corrected chi connectivity index (χ4v) is 3.62. The monoisotopic (exact) mass is 418 g/mol. The molecular formula is C25H23FN2O3. The molecule has 2 aromatic rings. The van der Waals surface area contributed by atoms with Crippen LogP contribution in [-0.4, -0.2) is 24.2 Å². The van der Waals surface area contributed by atoms with Crippen LogP contribution in [0.15, 0.2) is 72.5 Å². The summed E-state index contributed by atoms with van der Waals surface area (Å²) in [4.78, 5) is 11.5. The lowest BCUT2D eigenvalue weighted by Crippen LogP contribution is -2.26. The average Bonchev–Trinajstić information content (AvgIpc) is 2.78. The van der Waals surface area contributed by atoms with Gasteiger partial charge in [-0.2, -0.15) is 5.26 Å². The van der Waals surface area contributed by atoms with Gasteiger partial charge in [0, 0.05) is 23.7 Å². The number of carbonyl (C=O) groups is 1. The molecule has 5 nitrogen and oxygen atoms in total. The Hall–Kier alpha value is -3.85. The van der Waals surface area contributed by atoms with Gasteiger partial charge in [0.25, 0.3) is 0 Å². The molecule has 3 rings (SSSR count). The predicted octanol–water partition coefficient (Wildman–Crippen LogP) is 4.92. The lowest BCUT2D eigenvalue weighted by atomic mass is 9.90. The third-order valence-electron chi connectivity index (χ3n) is 5.18. The second-order valence-electron chi connectivity index (χ2n) is 7.11. The fraction of sp³-hybridized carbons (Fsp3) is 0.200. The summed E-state index contributed by atoms with van der Waals surface area (Å²) >= 11 is 0. The summed E-state index contributed by atoms with van der Waals surface area (Å²) in [5.41, 5.74) is 2.92. The second kappa shape index (κ2) is 9.77. The summed E-state index contributed by atoms with van der Waals surface area (Å²) in [5, 5.41) is 21.6. The van der Waals surface area contributed by atoms with Gasteiger partial charge in [-0.05, 0) is 54.8 Å². The number of halogens is 1. The highest BCUT2D eigenvalue weighted by atomic mass is 19.1. The van der Waals surface area contributed by atoms with Crippen LogP contribution in [0.25, 0.3) is 11.1 Å². The molecule has 0 fully saturated rings. The molecule has 2 aromatic carbocycles. The smallest absolute Gasteiger partial charge is 0.337 e. The van der Waals surface area contributed by atoms with Crippen LogP contribution in [0.4, 0.5) is 4.39 Å². The van der Waals surface area contributed by atoms with Crippen LogP contribution in [0.1, 0.15) is 30.4 Å². The first-order chi connectivity index (χ1) is 15.0. The molecule has 0 saturated heterocycles. The highest BCUT2D eigenvalue weighted by molar-refractivity contribution is 5.91. The van der Waals surface area contributed by atoms with Crippen molar-refractivity contribution in [3.63, 3.8) is 0 Å². The summed E-state index contributed by atoms with van der Waals surface area (Å²) in [5.74, 6) is -0.713. The molecule has 31 heavy (non-hydrogen) atoms. The Morgan fingerprint density at radius 1 is 1.39 bits per heavy atom. The Morgan fingerprint density at radius 2 is 2.19 bits per heavy atom. The number of nitrogens with zero attached hydrogens (tertiary/aromatic N) is 1. The third-order valence-corrected chi connectivity index (χ3v) is 5.18. The van der Waals surface area contributed by atoms with E-state index in [1.54, 1.807) is 31.2 Å². The summed E-state index contributed by atoms with van der Waals surface area (Å²) in [7, 11) is 0. The number of nitrogens with one attached hydrogen (secondary N) is 1. The van der Waals surface area contributed by atoms with Crippen molar-refractivity contribution in [1.29, 1.82) is 5.26 Å². The van der Waals surface area contributed by atoms with Crippen LogP contribution in [0.3, 0.4) is 0 Å². The van der Waals surface area contributed by atoms with Crippen molar-refractivity contribution in [3.8, 4) is 22.9 Å². The number of nitriles is 1. The van der Waals surface area contributed by atoms with Crippen molar-refractivity contribution < 1.29 is 19.0 Å². The summed E-state index contributed by atoms with van der Waals surface area (Å²) in [6, 6.07) is 11.9. The molecule has 0 aromatic heterocycles. The van der Waals surface area contributed by atoms with Gasteiger partial charge in [-0.1, -0.05) is 30.9 Å². The first-order valence-electron chi connectivity index (χ1n) is 9.91. The first-order valence-corrected chi connectivity index (χ1v) is 9.91. The van der Waals surface area contributed by atoms with Crippen LogP contribution in [0, 0.1) is 17.1 Å². The van der Waals surface area contributed by atoms with Gasteiger partial charge in [-0.3, -0.25) is 0 Å². The van der Waals surface area contributed by atoms with Crippen LogP contribution < -0.4 is 10.1 Å². The van der Waals surface area contributed by atoms with E-state index in [1.807, 2.05) is 18.2 Å². The standard InChI is InChI=1S/C25H23FN2O3/c1-3-5-21(25(29)30)23(4-2)28-15-18-10-11-31-24-13-17(7-9-20(18)24)19-8-6-16(14-27)12-22(19)26/h3-9,12-13,18,28H,2,10-11,15H2,1H3,(H,29,30)/b5-3-,23-21-. The van der Waals surface area contributed by atoms with E-state index in [9.17, 15) is 14.3 Å². The van der Waals surface area contributed by atoms with Crippen molar-refractivity contribution in [1.82, 2.24) is 5.32 Å². The number of aliphatic carboxylic acids is 1. The number of rotatable bonds is 7. The maximum atomic E-state index is 14.4. The fourth-order valence-electron chi connectivity index (χ4n) is 3.62. The molecule has 0 radical (unpaired) electrons. The Labute approximate surface area is 180 Å². The number of allylic oxidation sites excluding steroid dienone is 2. The number of carboxylic acids is 1. The second-order valence-corrected chi connectivity index (χ2v) is 7.11. The van der Waals surface area contributed by atoms with E-state index in [2.05, 4.69) is 11.9 Å². The molecule has 6 heteroatoms. The number of carboxylic acid groups (broad SMARTS) is 1. The van der Waals surface area contributed by atoms with Crippen molar-refractivity contribution in [2.75, 3.05) is 13.2 Å². The third kappa shape index (κ3) is 4.84. The zero-order valence-corrected chi connectivity index (χ0v) is 17.2. The summed E-state index contributed by atoms with van der Waals surface area (Å²) in [6.45, 7) is 6.50. The van der Waals surface area contributed by atoms with Gasteiger partial charge in [0.1, 0.15) is 11.6 Å². The van der Waals surface area contributed by atoms with E-state index >= 15 is 0 Å². The lowest BCUT2D eigenvalue weighted by molar-refractivity contribution is -0.132. The average molecular weight is 418 g/mol. The van der Waals surface area contributed by atoms with Crippen LogP contribution >= 0.6 is 0 Å². The molecule has 1 heterocycles. The SMILES string of the molecule is C=C/C(NCC1CCOc2cc(-c3ccc(C#N)cc3F)ccc21)=C(\C=C/C)C(=O)O. The number of benzene rings is 2. The minimum atomic E-state index is -1.03. The molecule has 158 valence electrons. The molecule has 0 spiro atoms. The lowest BCUT2D eigenvalue weighted by Gasteiger charge is -2.27. The minimum Gasteiger partial charge on any atom is -0.493 e. The van der Waals surface area contributed by atoms with Crippen molar-refractivity contribution in [3.05, 3.63) is 89.4 Å². The molecule has 1 aliphatic rings. The van der Waals surface area contributed by atoms with Crippen molar-refractivity contribution in [2.24, 2.45) is 0 Å². The summed E-state index contributed by atoms with van der Waals surface area (Å²) < 4.78 is 20.2. The maximum Gasteiger partial charge on any atom is 0.337 e. The van der Waals surface area contributed by atoms with Gasteiger partial charge in [0.05, 0.1) is 23.8 Å². The molecule has 1 aliphatic heterocycles. The first kappa shape index (κ1) is 21.8. The van der Waals surface area contributed by atoms with Gasteiger partial charge in [-0.25, -0.2) is 9.18 Å². The van der Waals surface area contributed by atoms with Gasteiger partial charge >= 0.3 is 5.97 Å². The normalized spacial score (nSPS) is 16.0. The Balaban J connectivity index is 1.85. The molecule has 0 amide bonds. The maximum absolute atomic E-state index is 14.4. The molecule has 0 aliphatic carbocycles. The van der Waals surface area contributed by atoms with Crippen LogP contribution in [-0.2, 0) is 4.79 Å². The van der Waals surface area contributed by atoms with Crippen LogP contribution in [0.2, 0.25) is 0 Å². The zero-order chi connectivity index (χ0) is 22.4. The van der Waals surface area contributed by atoms with Crippen molar-refractivity contribution >= 4 is 5.97 Å². The number of fused-ring (bicyclic) bond motifs is 1.